The maximum atomic E-state index is 10.1. The van der Waals surface area contributed by atoms with Crippen LogP contribution >= 0.6 is 0 Å². The normalized spacial score (nSPS) is 11.2. The van der Waals surface area contributed by atoms with Gasteiger partial charge in [-0.1, -0.05) is 18.2 Å². The number of hydrogen-bond acceptors (Lipinski definition) is 6. The highest BCUT2D eigenvalue weighted by atomic mass is 16.5. The Morgan fingerprint density at radius 1 is 0.679 bits per heavy atom. The van der Waals surface area contributed by atoms with Crippen molar-refractivity contribution in [3.05, 3.63) is 71.8 Å². The zero-order chi connectivity index (χ0) is 19.9. The van der Waals surface area contributed by atoms with Gasteiger partial charge in [0.2, 0.25) is 0 Å². The lowest BCUT2D eigenvalue weighted by Crippen LogP contribution is -1.88. The predicted molar refractivity (Wildman–Crippen MR) is 110 cm³/mol. The lowest BCUT2D eigenvalue weighted by molar-refractivity contribution is 0.373. The van der Waals surface area contributed by atoms with Gasteiger partial charge in [-0.2, -0.15) is 0 Å². The molecule has 0 aliphatic carbocycles. The summed E-state index contributed by atoms with van der Waals surface area (Å²) in [4.78, 5) is 8.78. The molecule has 0 radical (unpaired) electrons. The first kappa shape index (κ1) is 19.0. The number of para-hydroxylation sites is 2. The molecule has 3 aromatic carbocycles. The van der Waals surface area contributed by atoms with E-state index in [0.717, 1.165) is 0 Å². The molecule has 0 spiro atoms. The van der Waals surface area contributed by atoms with Crippen molar-refractivity contribution < 1.29 is 19.7 Å². The van der Waals surface area contributed by atoms with Gasteiger partial charge in [-0.15, -0.1) is 0 Å². The number of aromatic hydroxyl groups is 2. The van der Waals surface area contributed by atoms with Gasteiger partial charge in [0.25, 0.3) is 0 Å². The molecule has 0 saturated carbocycles. The van der Waals surface area contributed by atoms with E-state index >= 15 is 0 Å². The molecule has 3 rings (SSSR count). The van der Waals surface area contributed by atoms with Crippen molar-refractivity contribution in [2.24, 2.45) is 9.98 Å². The van der Waals surface area contributed by atoms with E-state index in [4.69, 9.17) is 9.47 Å². The Morgan fingerprint density at radius 3 is 1.54 bits per heavy atom. The topological polar surface area (TPSA) is 83.6 Å². The molecule has 0 aliphatic rings. The Labute approximate surface area is 163 Å². The van der Waals surface area contributed by atoms with Gasteiger partial charge in [0.15, 0.2) is 23.0 Å². The summed E-state index contributed by atoms with van der Waals surface area (Å²) in [5.41, 5.74) is 2.45. The molecule has 142 valence electrons. The molecular weight excluding hydrogens is 356 g/mol. The number of aliphatic imine (C=N–C) groups is 2. The van der Waals surface area contributed by atoms with Crippen LogP contribution in [0.1, 0.15) is 11.1 Å². The molecule has 0 fully saturated rings. The van der Waals surface area contributed by atoms with Crippen LogP contribution in [-0.2, 0) is 0 Å². The van der Waals surface area contributed by atoms with Crippen molar-refractivity contribution in [1.29, 1.82) is 0 Å². The Bertz CT molecular complexity index is 950. The molecule has 3 aromatic rings. The Morgan fingerprint density at radius 2 is 1.11 bits per heavy atom. The van der Waals surface area contributed by atoms with Gasteiger partial charge in [-0.3, -0.25) is 9.98 Å². The standard InChI is InChI=1S/C22H20N2O4/c1-27-19-10-3-6-15(21(19)25)13-23-17-8-5-9-18(12-17)24-14-16-7-4-11-20(28-2)22(16)26/h3-14,25-26H,1-2H3. The lowest BCUT2D eigenvalue weighted by atomic mass is 10.2. The average Bonchev–Trinajstić information content (AvgIpc) is 2.72. The second-order valence-electron chi connectivity index (χ2n) is 5.83. The summed E-state index contributed by atoms with van der Waals surface area (Å²) >= 11 is 0. The van der Waals surface area contributed by atoms with Gasteiger partial charge in [0.05, 0.1) is 25.6 Å². The maximum absolute atomic E-state index is 10.1. The van der Waals surface area contributed by atoms with E-state index in [2.05, 4.69) is 9.98 Å². The highest BCUT2D eigenvalue weighted by Crippen LogP contribution is 2.30. The Kier molecular flexibility index (Phi) is 5.91. The largest absolute Gasteiger partial charge is 0.504 e. The summed E-state index contributed by atoms with van der Waals surface area (Å²) in [5, 5.41) is 20.3. The number of hydrogen-bond donors (Lipinski definition) is 2. The van der Waals surface area contributed by atoms with Gasteiger partial charge >= 0.3 is 0 Å². The summed E-state index contributed by atoms with van der Waals surface area (Å²) < 4.78 is 10.2. The third kappa shape index (κ3) is 4.29. The van der Waals surface area contributed by atoms with Crippen LogP contribution in [0.4, 0.5) is 11.4 Å². The molecule has 6 heteroatoms. The highest BCUT2D eigenvalue weighted by molar-refractivity contribution is 5.88. The molecular formula is C22H20N2O4. The molecule has 0 atom stereocenters. The van der Waals surface area contributed by atoms with Crippen molar-refractivity contribution in [2.75, 3.05) is 14.2 Å². The number of benzene rings is 3. The van der Waals surface area contributed by atoms with Gasteiger partial charge in [0.1, 0.15) is 0 Å². The van der Waals surface area contributed by atoms with Crippen molar-refractivity contribution in [1.82, 2.24) is 0 Å². The quantitative estimate of drug-likeness (QED) is 0.615. The number of phenols is 2. The van der Waals surface area contributed by atoms with E-state index < -0.39 is 0 Å². The van der Waals surface area contributed by atoms with E-state index in [1.807, 2.05) is 18.2 Å². The van der Waals surface area contributed by atoms with Crippen LogP contribution in [0.3, 0.4) is 0 Å². The van der Waals surface area contributed by atoms with Gasteiger partial charge in [-0.05, 0) is 42.5 Å². The summed E-state index contributed by atoms with van der Waals surface area (Å²) in [6, 6.07) is 17.7. The number of nitrogens with zero attached hydrogens (tertiary/aromatic N) is 2. The molecule has 0 heterocycles. The molecule has 0 aliphatic heterocycles. The smallest absolute Gasteiger partial charge is 0.166 e. The van der Waals surface area contributed by atoms with E-state index in [0.29, 0.717) is 34.0 Å². The molecule has 28 heavy (non-hydrogen) atoms. The van der Waals surface area contributed by atoms with E-state index in [1.165, 1.54) is 14.2 Å². The van der Waals surface area contributed by atoms with Crippen LogP contribution in [0, 0.1) is 0 Å². The summed E-state index contributed by atoms with van der Waals surface area (Å²) in [6.07, 6.45) is 3.13. The first-order chi connectivity index (χ1) is 13.6. The van der Waals surface area contributed by atoms with Crippen LogP contribution < -0.4 is 9.47 Å². The number of ether oxygens (including phenoxy) is 2. The van der Waals surface area contributed by atoms with E-state index in [9.17, 15) is 10.2 Å². The minimum Gasteiger partial charge on any atom is -0.504 e. The fourth-order valence-corrected chi connectivity index (χ4v) is 2.56. The second-order valence-corrected chi connectivity index (χ2v) is 5.83. The number of rotatable bonds is 6. The molecule has 0 amide bonds. The first-order valence-electron chi connectivity index (χ1n) is 8.52. The fraction of sp³-hybridized carbons (Fsp3) is 0.0909. The van der Waals surface area contributed by atoms with Crippen molar-refractivity contribution in [3.63, 3.8) is 0 Å². The monoisotopic (exact) mass is 376 g/mol. The predicted octanol–water partition coefficient (Wildman–Crippen LogP) is 4.62. The van der Waals surface area contributed by atoms with Crippen LogP contribution in [0.25, 0.3) is 0 Å². The van der Waals surface area contributed by atoms with Crippen molar-refractivity contribution >= 4 is 23.8 Å². The lowest BCUT2D eigenvalue weighted by Gasteiger charge is -2.05. The first-order valence-corrected chi connectivity index (χ1v) is 8.52. The van der Waals surface area contributed by atoms with E-state index in [-0.39, 0.29) is 11.5 Å². The molecule has 2 N–H and O–H groups in total. The zero-order valence-corrected chi connectivity index (χ0v) is 15.5. The molecule has 0 aromatic heterocycles. The van der Waals surface area contributed by atoms with Crippen LogP contribution in [0.15, 0.2) is 70.6 Å². The number of methoxy groups -OCH3 is 2. The molecule has 0 unspecified atom stereocenters. The fourth-order valence-electron chi connectivity index (χ4n) is 2.56. The summed E-state index contributed by atoms with van der Waals surface area (Å²) in [7, 11) is 3.00. The SMILES string of the molecule is COc1cccc(C=Nc2cccc(N=Cc3cccc(OC)c3O)c2)c1O. The minimum atomic E-state index is 0.0384. The number of phenolic OH excluding ortho intramolecular Hbond substituents is 2. The third-order valence-corrected chi connectivity index (χ3v) is 4.04. The maximum Gasteiger partial charge on any atom is 0.166 e. The van der Waals surface area contributed by atoms with Crippen LogP contribution in [-0.4, -0.2) is 36.9 Å². The van der Waals surface area contributed by atoms with Crippen LogP contribution in [0.5, 0.6) is 23.0 Å². The van der Waals surface area contributed by atoms with Crippen molar-refractivity contribution in [3.8, 4) is 23.0 Å². The van der Waals surface area contributed by atoms with Gasteiger partial charge < -0.3 is 19.7 Å². The zero-order valence-electron chi connectivity index (χ0n) is 15.5. The van der Waals surface area contributed by atoms with E-state index in [1.54, 1.807) is 54.9 Å². The summed E-state index contributed by atoms with van der Waals surface area (Å²) in [6.45, 7) is 0. The van der Waals surface area contributed by atoms with Gasteiger partial charge in [0, 0.05) is 23.6 Å². The minimum absolute atomic E-state index is 0.0384. The Balaban J connectivity index is 1.81. The Hall–Kier alpha value is -3.80. The third-order valence-electron chi connectivity index (χ3n) is 4.04. The summed E-state index contributed by atoms with van der Waals surface area (Å²) in [5.74, 6) is 0.855. The molecule has 0 saturated heterocycles. The van der Waals surface area contributed by atoms with Crippen LogP contribution in [0.2, 0.25) is 0 Å². The van der Waals surface area contributed by atoms with Crippen molar-refractivity contribution in [2.45, 2.75) is 0 Å². The molecule has 0 bridgehead atoms. The molecule has 6 nitrogen and oxygen atoms in total. The second kappa shape index (κ2) is 8.73. The average molecular weight is 376 g/mol. The van der Waals surface area contributed by atoms with Gasteiger partial charge in [-0.25, -0.2) is 0 Å². The highest BCUT2D eigenvalue weighted by Gasteiger charge is 2.06.